The minimum Gasteiger partial charge on any atom is -0.497 e. The van der Waals surface area contributed by atoms with Gasteiger partial charge in [-0.15, -0.1) is 10.2 Å². The largest absolute Gasteiger partial charge is 0.497 e. The number of hydrogen-bond donors (Lipinski definition) is 0. The molecule has 0 aliphatic heterocycles. The number of pyridine rings is 1. The van der Waals surface area contributed by atoms with Crippen molar-refractivity contribution in [3.63, 3.8) is 0 Å². The van der Waals surface area contributed by atoms with E-state index in [9.17, 15) is 0 Å². The first-order valence-electron chi connectivity index (χ1n) is 5.08. The Hall–Kier alpha value is -2.10. The molecule has 0 bridgehead atoms. The number of methoxy groups -OCH3 is 1. The molecule has 0 amide bonds. The molecule has 0 N–H and O–H groups in total. The van der Waals surface area contributed by atoms with Crippen LogP contribution in [0.5, 0.6) is 5.75 Å². The number of benzene rings is 1. The van der Waals surface area contributed by atoms with E-state index >= 15 is 0 Å². The first-order chi connectivity index (χ1) is 7.79. The highest BCUT2D eigenvalue weighted by atomic mass is 16.5. The highest BCUT2D eigenvalue weighted by Gasteiger charge is 2.05. The Bertz CT molecular complexity index is 672. The predicted molar refractivity (Wildman–Crippen MR) is 61.8 cm³/mol. The van der Waals surface area contributed by atoms with Crippen molar-refractivity contribution in [3.8, 4) is 5.75 Å². The van der Waals surface area contributed by atoms with Crippen LogP contribution in [0.1, 0.15) is 5.82 Å². The third-order valence-corrected chi connectivity index (χ3v) is 2.74. The Kier molecular flexibility index (Phi) is 1.83. The molecule has 0 aliphatic rings. The van der Waals surface area contributed by atoms with Crippen molar-refractivity contribution in [2.75, 3.05) is 7.11 Å². The van der Waals surface area contributed by atoms with Gasteiger partial charge in [0.15, 0.2) is 5.65 Å². The van der Waals surface area contributed by atoms with E-state index in [1.807, 2.05) is 41.7 Å². The van der Waals surface area contributed by atoms with Crippen LogP contribution in [0.25, 0.3) is 16.6 Å². The molecule has 0 unspecified atom stereocenters. The molecule has 3 rings (SSSR count). The van der Waals surface area contributed by atoms with E-state index < -0.39 is 0 Å². The van der Waals surface area contributed by atoms with Crippen LogP contribution in [0.15, 0.2) is 30.3 Å². The van der Waals surface area contributed by atoms with Crippen LogP contribution in [0.4, 0.5) is 0 Å². The zero-order valence-corrected chi connectivity index (χ0v) is 9.14. The average molecular weight is 213 g/mol. The average Bonchev–Trinajstić information content (AvgIpc) is 2.70. The molecule has 4 heteroatoms. The van der Waals surface area contributed by atoms with Gasteiger partial charge in [-0.3, -0.25) is 4.40 Å². The van der Waals surface area contributed by atoms with Crippen LogP contribution in [0.2, 0.25) is 0 Å². The van der Waals surface area contributed by atoms with Crippen molar-refractivity contribution >= 4 is 16.6 Å². The molecule has 0 saturated carbocycles. The number of ether oxygens (including phenoxy) is 1. The molecule has 0 fully saturated rings. The van der Waals surface area contributed by atoms with Gasteiger partial charge < -0.3 is 4.74 Å². The van der Waals surface area contributed by atoms with Gasteiger partial charge in [0.25, 0.3) is 0 Å². The maximum absolute atomic E-state index is 5.21. The van der Waals surface area contributed by atoms with Crippen LogP contribution in [0, 0.1) is 6.92 Å². The van der Waals surface area contributed by atoms with Crippen LogP contribution in [0.3, 0.4) is 0 Å². The normalized spacial score (nSPS) is 11.1. The van der Waals surface area contributed by atoms with E-state index in [-0.39, 0.29) is 0 Å². The van der Waals surface area contributed by atoms with Crippen molar-refractivity contribution in [1.29, 1.82) is 0 Å². The van der Waals surface area contributed by atoms with Gasteiger partial charge in [0.05, 0.1) is 12.6 Å². The maximum Gasteiger partial charge on any atom is 0.161 e. The lowest BCUT2D eigenvalue weighted by Gasteiger charge is -2.05. The van der Waals surface area contributed by atoms with E-state index in [1.54, 1.807) is 7.11 Å². The highest BCUT2D eigenvalue weighted by Crippen LogP contribution is 2.22. The number of hydrogen-bond acceptors (Lipinski definition) is 3. The van der Waals surface area contributed by atoms with Crippen molar-refractivity contribution < 1.29 is 4.74 Å². The van der Waals surface area contributed by atoms with Gasteiger partial charge >= 0.3 is 0 Å². The summed E-state index contributed by atoms with van der Waals surface area (Å²) in [6.45, 7) is 1.95. The summed E-state index contributed by atoms with van der Waals surface area (Å²) in [5, 5.41) is 9.28. The summed E-state index contributed by atoms with van der Waals surface area (Å²) in [4.78, 5) is 0. The second-order valence-corrected chi connectivity index (χ2v) is 3.70. The molecule has 3 aromatic rings. The maximum atomic E-state index is 5.21. The predicted octanol–water partition coefficient (Wildman–Crippen LogP) is 2.20. The zero-order chi connectivity index (χ0) is 11.1. The number of aromatic nitrogens is 3. The van der Waals surface area contributed by atoms with Crippen molar-refractivity contribution in [3.05, 3.63) is 36.2 Å². The van der Waals surface area contributed by atoms with E-state index in [0.717, 1.165) is 28.1 Å². The Labute approximate surface area is 92.5 Å². The summed E-state index contributed by atoms with van der Waals surface area (Å²) in [6, 6.07) is 9.97. The lowest BCUT2D eigenvalue weighted by molar-refractivity contribution is 0.415. The number of rotatable bonds is 1. The zero-order valence-electron chi connectivity index (χ0n) is 9.14. The molecular formula is C12H11N3O. The van der Waals surface area contributed by atoms with Gasteiger partial charge in [0, 0.05) is 5.39 Å². The van der Waals surface area contributed by atoms with Gasteiger partial charge in [0.1, 0.15) is 11.6 Å². The van der Waals surface area contributed by atoms with Crippen molar-refractivity contribution in [2.24, 2.45) is 0 Å². The van der Waals surface area contributed by atoms with E-state index in [0.29, 0.717) is 0 Å². The molecule has 0 spiro atoms. The Morgan fingerprint density at radius 2 is 2.00 bits per heavy atom. The molecule has 0 saturated heterocycles. The lowest BCUT2D eigenvalue weighted by Crippen LogP contribution is -1.91. The summed E-state index contributed by atoms with van der Waals surface area (Å²) in [5.74, 6) is 1.75. The third kappa shape index (κ3) is 1.16. The lowest BCUT2D eigenvalue weighted by atomic mass is 10.2. The molecule has 16 heavy (non-hydrogen) atoms. The summed E-state index contributed by atoms with van der Waals surface area (Å²) in [5.41, 5.74) is 1.97. The Balaban J connectivity index is 2.46. The minimum atomic E-state index is 0.859. The third-order valence-electron chi connectivity index (χ3n) is 2.74. The van der Waals surface area contributed by atoms with Gasteiger partial charge in [-0.2, -0.15) is 0 Å². The molecule has 4 nitrogen and oxygen atoms in total. The monoisotopic (exact) mass is 213 g/mol. The Morgan fingerprint density at radius 1 is 1.12 bits per heavy atom. The first kappa shape index (κ1) is 9.15. The first-order valence-corrected chi connectivity index (χ1v) is 5.08. The number of aryl methyl sites for hydroxylation is 1. The van der Waals surface area contributed by atoms with Crippen LogP contribution in [-0.4, -0.2) is 21.7 Å². The summed E-state index contributed by atoms with van der Waals surface area (Å²) < 4.78 is 7.24. The molecule has 0 radical (unpaired) electrons. The van der Waals surface area contributed by atoms with Gasteiger partial charge in [-0.05, 0) is 37.3 Å². The van der Waals surface area contributed by atoms with Gasteiger partial charge in [-0.1, -0.05) is 0 Å². The number of fused-ring (bicyclic) bond motifs is 3. The molecule has 2 heterocycles. The van der Waals surface area contributed by atoms with E-state index in [4.69, 9.17) is 4.74 Å². The molecule has 0 aliphatic carbocycles. The second kappa shape index (κ2) is 3.20. The van der Waals surface area contributed by atoms with Gasteiger partial charge in [-0.25, -0.2) is 0 Å². The highest BCUT2D eigenvalue weighted by molar-refractivity contribution is 5.83. The summed E-state index contributed by atoms with van der Waals surface area (Å²) in [6.07, 6.45) is 0. The summed E-state index contributed by atoms with van der Waals surface area (Å²) >= 11 is 0. The van der Waals surface area contributed by atoms with Crippen LogP contribution < -0.4 is 4.74 Å². The van der Waals surface area contributed by atoms with Gasteiger partial charge in [0.2, 0.25) is 0 Å². The standard InChI is InChI=1S/C12H11N3O/c1-8-13-14-12-6-3-9-7-10(16-2)4-5-11(9)15(8)12/h3-7H,1-2H3. The number of nitrogens with zero attached hydrogens (tertiary/aromatic N) is 3. The SMILES string of the molecule is COc1ccc2c(ccc3nnc(C)n32)c1. The van der Waals surface area contributed by atoms with E-state index in [2.05, 4.69) is 10.2 Å². The van der Waals surface area contributed by atoms with Crippen molar-refractivity contribution in [1.82, 2.24) is 14.6 Å². The topological polar surface area (TPSA) is 39.4 Å². The molecule has 1 aromatic carbocycles. The molecular weight excluding hydrogens is 202 g/mol. The van der Waals surface area contributed by atoms with Crippen LogP contribution >= 0.6 is 0 Å². The van der Waals surface area contributed by atoms with Crippen LogP contribution in [-0.2, 0) is 0 Å². The van der Waals surface area contributed by atoms with Crippen molar-refractivity contribution in [2.45, 2.75) is 6.92 Å². The minimum absolute atomic E-state index is 0.859. The van der Waals surface area contributed by atoms with E-state index in [1.165, 1.54) is 0 Å². The second-order valence-electron chi connectivity index (χ2n) is 3.70. The molecule has 80 valence electrons. The quantitative estimate of drug-likeness (QED) is 0.622. The fraction of sp³-hybridized carbons (Fsp3) is 0.167. The molecule has 2 aromatic heterocycles. The molecule has 0 atom stereocenters. The fourth-order valence-electron chi connectivity index (χ4n) is 1.95. The smallest absolute Gasteiger partial charge is 0.161 e. The Morgan fingerprint density at radius 3 is 2.81 bits per heavy atom. The summed E-state index contributed by atoms with van der Waals surface area (Å²) in [7, 11) is 1.67. The fourth-order valence-corrected chi connectivity index (χ4v) is 1.95.